The van der Waals surface area contributed by atoms with Crippen LogP contribution in [0.25, 0.3) is 0 Å². The van der Waals surface area contributed by atoms with Crippen molar-refractivity contribution in [2.45, 2.75) is 51.0 Å². The standard InChI is InChI=1S/C18H25NO5S/c1-18(2)9-8-14(24-18)11-25-12-15(16(20)21)19-17(22)23-10-13-6-4-3-5-7-13/h3-7,14-15H,8-12H2,1-2H3,(H,19,22)(H,20,21). The second-order valence-electron chi connectivity index (χ2n) is 6.67. The molecule has 6 nitrogen and oxygen atoms in total. The number of benzene rings is 1. The molecule has 2 atom stereocenters. The van der Waals surface area contributed by atoms with Crippen molar-refractivity contribution in [3.8, 4) is 0 Å². The Labute approximate surface area is 152 Å². The third-order valence-corrected chi connectivity index (χ3v) is 5.12. The molecule has 0 saturated carbocycles. The highest BCUT2D eigenvalue weighted by atomic mass is 32.2. The molecule has 0 spiro atoms. The predicted molar refractivity (Wildman–Crippen MR) is 96.7 cm³/mol. The molecule has 0 aliphatic carbocycles. The molecule has 1 saturated heterocycles. The minimum Gasteiger partial charge on any atom is -0.480 e. The molecule has 1 fully saturated rings. The number of carboxylic acids is 1. The zero-order valence-corrected chi connectivity index (χ0v) is 15.4. The SMILES string of the molecule is CC1(C)CCC(CSCC(NC(=O)OCc2ccccc2)C(=O)O)O1. The number of rotatable bonds is 8. The van der Waals surface area contributed by atoms with E-state index in [4.69, 9.17) is 9.47 Å². The lowest BCUT2D eigenvalue weighted by molar-refractivity contribution is -0.138. The Morgan fingerprint density at radius 3 is 2.72 bits per heavy atom. The molecule has 0 aromatic heterocycles. The van der Waals surface area contributed by atoms with Crippen LogP contribution < -0.4 is 5.32 Å². The van der Waals surface area contributed by atoms with Crippen LogP contribution in [0.2, 0.25) is 0 Å². The fourth-order valence-electron chi connectivity index (χ4n) is 2.59. The molecular formula is C18H25NO5S. The Balaban J connectivity index is 1.70. The van der Waals surface area contributed by atoms with Crippen molar-refractivity contribution in [2.75, 3.05) is 11.5 Å². The summed E-state index contributed by atoms with van der Waals surface area (Å²) in [5.74, 6) is -0.0823. The molecule has 1 aromatic carbocycles. The number of carbonyl (C=O) groups is 2. The van der Waals surface area contributed by atoms with Crippen LogP contribution in [0.3, 0.4) is 0 Å². The first-order valence-electron chi connectivity index (χ1n) is 8.31. The second kappa shape index (κ2) is 9.10. The van der Waals surface area contributed by atoms with E-state index in [0.717, 1.165) is 18.4 Å². The van der Waals surface area contributed by atoms with Crippen LogP contribution in [0.15, 0.2) is 30.3 Å². The van der Waals surface area contributed by atoms with Crippen LogP contribution in [0, 0.1) is 0 Å². The second-order valence-corrected chi connectivity index (χ2v) is 7.75. The lowest BCUT2D eigenvalue weighted by Gasteiger charge is -2.19. The Morgan fingerprint density at radius 2 is 2.12 bits per heavy atom. The van der Waals surface area contributed by atoms with Crippen LogP contribution in [0.5, 0.6) is 0 Å². The maximum Gasteiger partial charge on any atom is 0.408 e. The number of aliphatic carboxylic acids is 1. The van der Waals surface area contributed by atoms with E-state index in [1.165, 1.54) is 11.8 Å². The molecule has 0 bridgehead atoms. The number of carbonyl (C=O) groups excluding carboxylic acids is 1. The summed E-state index contributed by atoms with van der Waals surface area (Å²) in [6, 6.07) is 8.25. The zero-order valence-electron chi connectivity index (χ0n) is 14.6. The molecule has 1 aromatic rings. The summed E-state index contributed by atoms with van der Waals surface area (Å²) >= 11 is 1.47. The van der Waals surface area contributed by atoms with Crippen molar-refractivity contribution in [3.05, 3.63) is 35.9 Å². The number of hydrogen-bond donors (Lipinski definition) is 2. The third-order valence-electron chi connectivity index (χ3n) is 3.95. The quantitative estimate of drug-likeness (QED) is 0.735. The Morgan fingerprint density at radius 1 is 1.40 bits per heavy atom. The van der Waals surface area contributed by atoms with Gasteiger partial charge in [0, 0.05) is 11.5 Å². The van der Waals surface area contributed by atoms with Crippen molar-refractivity contribution in [1.29, 1.82) is 0 Å². The van der Waals surface area contributed by atoms with E-state index in [1.54, 1.807) is 0 Å². The van der Waals surface area contributed by atoms with Gasteiger partial charge in [-0.05, 0) is 32.3 Å². The molecule has 1 heterocycles. The molecule has 1 amide bonds. The summed E-state index contributed by atoms with van der Waals surface area (Å²) in [5.41, 5.74) is 0.747. The van der Waals surface area contributed by atoms with E-state index in [-0.39, 0.29) is 24.1 Å². The maximum absolute atomic E-state index is 11.8. The average Bonchev–Trinajstić information content (AvgIpc) is 2.92. The van der Waals surface area contributed by atoms with Crippen LogP contribution in [0.4, 0.5) is 4.79 Å². The smallest absolute Gasteiger partial charge is 0.408 e. The summed E-state index contributed by atoms with van der Waals surface area (Å²) < 4.78 is 10.9. The molecular weight excluding hydrogens is 342 g/mol. The van der Waals surface area contributed by atoms with E-state index in [2.05, 4.69) is 19.2 Å². The topological polar surface area (TPSA) is 84.9 Å². The molecule has 2 N–H and O–H groups in total. The largest absolute Gasteiger partial charge is 0.480 e. The molecule has 1 aliphatic rings. The highest BCUT2D eigenvalue weighted by Crippen LogP contribution is 2.31. The first-order chi connectivity index (χ1) is 11.9. The van der Waals surface area contributed by atoms with Crippen LogP contribution >= 0.6 is 11.8 Å². The molecule has 1 aliphatic heterocycles. The number of amides is 1. The van der Waals surface area contributed by atoms with Gasteiger partial charge in [0.1, 0.15) is 12.6 Å². The van der Waals surface area contributed by atoms with Crippen molar-refractivity contribution in [1.82, 2.24) is 5.32 Å². The van der Waals surface area contributed by atoms with E-state index >= 15 is 0 Å². The monoisotopic (exact) mass is 367 g/mol. The van der Waals surface area contributed by atoms with Gasteiger partial charge < -0.3 is 19.9 Å². The first kappa shape index (κ1) is 19.6. The van der Waals surface area contributed by atoms with E-state index < -0.39 is 18.1 Å². The number of carboxylic acid groups (broad SMARTS) is 1. The lowest BCUT2D eigenvalue weighted by atomic mass is 10.1. The third kappa shape index (κ3) is 6.96. The normalized spacial score (nSPS) is 20.0. The summed E-state index contributed by atoms with van der Waals surface area (Å²) in [5, 5.41) is 11.7. The van der Waals surface area contributed by atoms with Crippen molar-refractivity contribution < 1.29 is 24.2 Å². The minimum atomic E-state index is -1.07. The van der Waals surface area contributed by atoms with Crippen molar-refractivity contribution >= 4 is 23.8 Å². The molecule has 0 radical (unpaired) electrons. The average molecular weight is 367 g/mol. The predicted octanol–water partition coefficient (Wildman–Crippen LogP) is 3.06. The summed E-state index contributed by atoms with van der Waals surface area (Å²) in [6.07, 6.45) is 1.39. The van der Waals surface area contributed by atoms with Crippen LogP contribution in [0.1, 0.15) is 32.3 Å². The van der Waals surface area contributed by atoms with Gasteiger partial charge in [-0.2, -0.15) is 11.8 Å². The zero-order chi connectivity index (χ0) is 18.3. The number of ether oxygens (including phenoxy) is 2. The van der Waals surface area contributed by atoms with Crippen molar-refractivity contribution in [3.63, 3.8) is 0 Å². The Kier molecular flexibility index (Phi) is 7.13. The number of thioether (sulfide) groups is 1. The Hall–Kier alpha value is -1.73. The van der Waals surface area contributed by atoms with E-state index in [0.29, 0.717) is 5.75 Å². The van der Waals surface area contributed by atoms with Gasteiger partial charge in [-0.1, -0.05) is 30.3 Å². The van der Waals surface area contributed by atoms with Gasteiger partial charge in [0.2, 0.25) is 0 Å². The van der Waals surface area contributed by atoms with Gasteiger partial charge in [-0.25, -0.2) is 9.59 Å². The number of alkyl carbamates (subject to hydrolysis) is 1. The van der Waals surface area contributed by atoms with Gasteiger partial charge in [0.15, 0.2) is 0 Å². The van der Waals surface area contributed by atoms with Gasteiger partial charge in [-0.3, -0.25) is 0 Å². The fourth-order valence-corrected chi connectivity index (χ4v) is 3.69. The first-order valence-corrected chi connectivity index (χ1v) is 9.47. The highest BCUT2D eigenvalue weighted by molar-refractivity contribution is 7.99. The van der Waals surface area contributed by atoms with E-state index in [9.17, 15) is 14.7 Å². The molecule has 2 rings (SSSR count). The molecule has 7 heteroatoms. The van der Waals surface area contributed by atoms with E-state index in [1.807, 2.05) is 30.3 Å². The van der Waals surface area contributed by atoms with Crippen molar-refractivity contribution in [2.24, 2.45) is 0 Å². The van der Waals surface area contributed by atoms with Gasteiger partial charge in [-0.15, -0.1) is 0 Å². The van der Waals surface area contributed by atoms with Gasteiger partial charge >= 0.3 is 12.1 Å². The summed E-state index contributed by atoms with van der Waals surface area (Å²) in [4.78, 5) is 23.1. The number of hydrogen-bond acceptors (Lipinski definition) is 5. The van der Waals surface area contributed by atoms with Gasteiger partial charge in [0.05, 0.1) is 11.7 Å². The van der Waals surface area contributed by atoms with Crippen LogP contribution in [-0.4, -0.2) is 46.4 Å². The lowest BCUT2D eigenvalue weighted by Crippen LogP contribution is -2.43. The summed E-state index contributed by atoms with van der Waals surface area (Å²) in [7, 11) is 0. The Bertz CT molecular complexity index is 578. The minimum absolute atomic E-state index is 0.100. The van der Waals surface area contributed by atoms with Crippen LogP contribution in [-0.2, 0) is 20.9 Å². The van der Waals surface area contributed by atoms with Gasteiger partial charge in [0.25, 0.3) is 0 Å². The fraction of sp³-hybridized carbons (Fsp3) is 0.556. The summed E-state index contributed by atoms with van der Waals surface area (Å²) in [6.45, 7) is 4.22. The molecule has 25 heavy (non-hydrogen) atoms. The highest BCUT2D eigenvalue weighted by Gasteiger charge is 2.31. The number of nitrogens with one attached hydrogen (secondary N) is 1. The molecule has 2 unspecified atom stereocenters. The maximum atomic E-state index is 11.8. The molecule has 138 valence electrons.